The van der Waals surface area contributed by atoms with Crippen molar-refractivity contribution in [1.29, 1.82) is 0 Å². The predicted octanol–water partition coefficient (Wildman–Crippen LogP) is 5.48. The third kappa shape index (κ3) is 3.93. The van der Waals surface area contributed by atoms with Gasteiger partial charge in [-0.05, 0) is 42.7 Å². The van der Waals surface area contributed by atoms with Crippen LogP contribution in [0.3, 0.4) is 0 Å². The number of hydrogen-bond acceptors (Lipinski definition) is 3. The van der Waals surface area contributed by atoms with Crippen molar-refractivity contribution in [2.75, 3.05) is 5.32 Å². The number of para-hydroxylation sites is 1. The van der Waals surface area contributed by atoms with Gasteiger partial charge in [0.2, 0.25) is 0 Å². The first kappa shape index (κ1) is 19.7. The van der Waals surface area contributed by atoms with Crippen molar-refractivity contribution in [2.24, 2.45) is 0 Å². The summed E-state index contributed by atoms with van der Waals surface area (Å²) in [5, 5.41) is 17.8. The summed E-state index contributed by atoms with van der Waals surface area (Å²) in [6, 6.07) is 15.4. The average molecular weight is 377 g/mol. The van der Waals surface area contributed by atoms with Crippen molar-refractivity contribution in [3.63, 3.8) is 0 Å². The number of aromatic carboxylic acids is 1. The Bertz CT molecular complexity index is 1010. The molecule has 28 heavy (non-hydrogen) atoms. The molecule has 0 radical (unpaired) electrons. The minimum absolute atomic E-state index is 0.134. The quantitative estimate of drug-likeness (QED) is 0.617. The molecular formula is C23H27N3O2. The number of nitrogens with zero attached hydrogens (tertiary/aromatic N) is 2. The molecule has 0 spiro atoms. The summed E-state index contributed by atoms with van der Waals surface area (Å²) in [5.74, 6) is -0.210. The topological polar surface area (TPSA) is 67.2 Å². The summed E-state index contributed by atoms with van der Waals surface area (Å²) < 4.78 is 1.86. The fraction of sp³-hybridized carbons (Fsp3) is 0.304. The zero-order chi connectivity index (χ0) is 20.5. The number of benzene rings is 2. The van der Waals surface area contributed by atoms with Crippen LogP contribution in [0.25, 0.3) is 5.69 Å². The largest absolute Gasteiger partial charge is 0.478 e. The Morgan fingerprint density at radius 1 is 1.14 bits per heavy atom. The van der Waals surface area contributed by atoms with Gasteiger partial charge >= 0.3 is 5.97 Å². The molecule has 3 rings (SSSR count). The Labute approximate surface area is 166 Å². The molecule has 0 amide bonds. The van der Waals surface area contributed by atoms with E-state index in [1.165, 1.54) is 0 Å². The highest BCUT2D eigenvalue weighted by Crippen LogP contribution is 2.30. The lowest BCUT2D eigenvalue weighted by atomic mass is 9.92. The van der Waals surface area contributed by atoms with Crippen molar-refractivity contribution >= 4 is 17.5 Å². The molecule has 0 bridgehead atoms. The molecule has 3 aromatic rings. The summed E-state index contributed by atoms with van der Waals surface area (Å²) in [6.45, 7) is 10.4. The Balaban J connectivity index is 2.16. The first-order valence-electron chi connectivity index (χ1n) is 9.50. The third-order valence-corrected chi connectivity index (χ3v) is 4.81. The monoisotopic (exact) mass is 377 g/mol. The molecule has 0 fully saturated rings. The second-order valence-corrected chi connectivity index (χ2v) is 8.03. The van der Waals surface area contributed by atoms with E-state index in [-0.39, 0.29) is 11.0 Å². The molecule has 2 aromatic carbocycles. The standard InChI is InChI=1S/C23H27N3O2/c1-6-16-11-12-17(22(27)28)18(13-16)24-21-14-20(23(3,4)5)25-26(21)19-10-8-7-9-15(19)2/h7-14,24H,6H2,1-5H3,(H,27,28). The summed E-state index contributed by atoms with van der Waals surface area (Å²) in [4.78, 5) is 11.7. The first-order valence-corrected chi connectivity index (χ1v) is 9.50. The first-order chi connectivity index (χ1) is 13.2. The van der Waals surface area contributed by atoms with Crippen LogP contribution in [0, 0.1) is 6.92 Å². The number of nitrogens with one attached hydrogen (secondary N) is 1. The number of carboxylic acid groups (broad SMARTS) is 1. The van der Waals surface area contributed by atoms with Crippen LogP contribution in [-0.4, -0.2) is 20.9 Å². The molecule has 0 aliphatic carbocycles. The number of carbonyl (C=O) groups is 1. The van der Waals surface area contributed by atoms with Crippen LogP contribution in [0.5, 0.6) is 0 Å². The summed E-state index contributed by atoms with van der Waals surface area (Å²) in [7, 11) is 0. The SMILES string of the molecule is CCc1ccc(C(=O)O)c(Nc2cc(C(C)(C)C)nn2-c2ccccc2C)c1. The second-order valence-electron chi connectivity index (χ2n) is 8.03. The molecule has 146 valence electrons. The maximum absolute atomic E-state index is 11.7. The summed E-state index contributed by atoms with van der Waals surface area (Å²) >= 11 is 0. The fourth-order valence-electron chi connectivity index (χ4n) is 3.06. The zero-order valence-electron chi connectivity index (χ0n) is 17.1. The fourth-order valence-corrected chi connectivity index (χ4v) is 3.06. The third-order valence-electron chi connectivity index (χ3n) is 4.81. The number of aromatic nitrogens is 2. The van der Waals surface area contributed by atoms with E-state index in [0.29, 0.717) is 5.69 Å². The van der Waals surface area contributed by atoms with Gasteiger partial charge in [0.15, 0.2) is 0 Å². The van der Waals surface area contributed by atoms with Crippen molar-refractivity contribution in [3.05, 3.63) is 70.9 Å². The minimum atomic E-state index is -0.955. The molecular weight excluding hydrogens is 350 g/mol. The number of anilines is 2. The van der Waals surface area contributed by atoms with E-state index in [4.69, 9.17) is 5.10 Å². The van der Waals surface area contributed by atoms with Crippen molar-refractivity contribution in [2.45, 2.75) is 46.5 Å². The van der Waals surface area contributed by atoms with Gasteiger partial charge in [-0.1, -0.05) is 52.0 Å². The molecule has 0 atom stereocenters. The van der Waals surface area contributed by atoms with Gasteiger partial charge < -0.3 is 10.4 Å². The van der Waals surface area contributed by atoms with Crippen LogP contribution in [0.4, 0.5) is 11.5 Å². The summed E-state index contributed by atoms with van der Waals surface area (Å²) in [6.07, 6.45) is 0.832. The number of aryl methyl sites for hydroxylation is 2. The average Bonchev–Trinajstić information content (AvgIpc) is 3.05. The van der Waals surface area contributed by atoms with Gasteiger partial charge in [0.05, 0.1) is 22.6 Å². The summed E-state index contributed by atoms with van der Waals surface area (Å²) in [5.41, 5.74) is 4.74. The molecule has 0 aliphatic heterocycles. The zero-order valence-corrected chi connectivity index (χ0v) is 17.1. The Kier molecular flexibility index (Phi) is 5.27. The van der Waals surface area contributed by atoms with Crippen LogP contribution in [-0.2, 0) is 11.8 Å². The molecule has 0 saturated carbocycles. The van der Waals surface area contributed by atoms with E-state index in [1.807, 2.05) is 54.1 Å². The van der Waals surface area contributed by atoms with E-state index in [0.717, 1.165) is 34.7 Å². The Morgan fingerprint density at radius 3 is 2.46 bits per heavy atom. The highest BCUT2D eigenvalue weighted by molar-refractivity contribution is 5.95. The lowest BCUT2D eigenvalue weighted by Crippen LogP contribution is -2.13. The van der Waals surface area contributed by atoms with E-state index >= 15 is 0 Å². The maximum atomic E-state index is 11.7. The van der Waals surface area contributed by atoms with Crippen molar-refractivity contribution in [1.82, 2.24) is 9.78 Å². The van der Waals surface area contributed by atoms with Gasteiger partial charge in [0.25, 0.3) is 0 Å². The molecule has 0 unspecified atom stereocenters. The van der Waals surface area contributed by atoms with Gasteiger partial charge in [0, 0.05) is 11.5 Å². The highest BCUT2D eigenvalue weighted by atomic mass is 16.4. The van der Waals surface area contributed by atoms with Gasteiger partial charge in [-0.2, -0.15) is 5.10 Å². The van der Waals surface area contributed by atoms with E-state index < -0.39 is 5.97 Å². The lowest BCUT2D eigenvalue weighted by Gasteiger charge is -2.14. The maximum Gasteiger partial charge on any atom is 0.337 e. The minimum Gasteiger partial charge on any atom is -0.478 e. The number of hydrogen-bond donors (Lipinski definition) is 2. The van der Waals surface area contributed by atoms with Crippen molar-refractivity contribution in [3.8, 4) is 5.69 Å². The van der Waals surface area contributed by atoms with Crippen molar-refractivity contribution < 1.29 is 9.90 Å². The highest BCUT2D eigenvalue weighted by Gasteiger charge is 2.22. The second kappa shape index (κ2) is 7.50. The normalized spacial score (nSPS) is 11.5. The van der Waals surface area contributed by atoms with E-state index in [1.54, 1.807) is 6.07 Å². The smallest absolute Gasteiger partial charge is 0.337 e. The predicted molar refractivity (Wildman–Crippen MR) is 113 cm³/mol. The number of rotatable bonds is 5. The molecule has 2 N–H and O–H groups in total. The van der Waals surface area contributed by atoms with Crippen LogP contribution in [0.2, 0.25) is 0 Å². The van der Waals surface area contributed by atoms with Gasteiger partial charge in [-0.3, -0.25) is 0 Å². The van der Waals surface area contributed by atoms with Gasteiger partial charge in [-0.15, -0.1) is 0 Å². The molecule has 5 nitrogen and oxygen atoms in total. The Hall–Kier alpha value is -3.08. The molecule has 0 saturated heterocycles. The lowest BCUT2D eigenvalue weighted by molar-refractivity contribution is 0.0698. The molecule has 0 aliphatic rings. The van der Waals surface area contributed by atoms with Crippen LogP contribution in [0.15, 0.2) is 48.5 Å². The van der Waals surface area contributed by atoms with Gasteiger partial charge in [0.1, 0.15) is 5.82 Å². The van der Waals surface area contributed by atoms with Crippen LogP contribution < -0.4 is 5.32 Å². The van der Waals surface area contributed by atoms with Crippen LogP contribution in [0.1, 0.15) is 54.9 Å². The molecule has 1 aromatic heterocycles. The van der Waals surface area contributed by atoms with Gasteiger partial charge in [-0.25, -0.2) is 9.48 Å². The van der Waals surface area contributed by atoms with E-state index in [2.05, 4.69) is 33.0 Å². The molecule has 1 heterocycles. The number of carboxylic acids is 1. The van der Waals surface area contributed by atoms with Crippen LogP contribution >= 0.6 is 0 Å². The van der Waals surface area contributed by atoms with E-state index in [9.17, 15) is 9.90 Å². The Morgan fingerprint density at radius 2 is 1.86 bits per heavy atom. The molecule has 5 heteroatoms.